The van der Waals surface area contributed by atoms with Crippen LogP contribution in [0.2, 0.25) is 0 Å². The second-order valence-corrected chi connectivity index (χ2v) is 3.08. The SMILES string of the molecule is C=CC(=O)O.CCCCC(C)C(O)O. The van der Waals surface area contributed by atoms with E-state index in [1.807, 2.05) is 6.92 Å². The largest absolute Gasteiger partial charge is 0.478 e. The lowest BCUT2D eigenvalue weighted by molar-refractivity contribution is -0.131. The van der Waals surface area contributed by atoms with Gasteiger partial charge in [-0.3, -0.25) is 0 Å². The van der Waals surface area contributed by atoms with E-state index < -0.39 is 12.3 Å². The molecule has 14 heavy (non-hydrogen) atoms. The van der Waals surface area contributed by atoms with E-state index in [0.29, 0.717) is 0 Å². The van der Waals surface area contributed by atoms with Crippen LogP contribution < -0.4 is 0 Å². The third-order valence-electron chi connectivity index (χ3n) is 1.70. The molecule has 0 heterocycles. The minimum absolute atomic E-state index is 0.0324. The lowest BCUT2D eigenvalue weighted by Crippen LogP contribution is -2.15. The van der Waals surface area contributed by atoms with Gasteiger partial charge in [-0.05, 0) is 6.42 Å². The summed E-state index contributed by atoms with van der Waals surface area (Å²) in [5.74, 6) is -0.949. The summed E-state index contributed by atoms with van der Waals surface area (Å²) in [6, 6.07) is 0. The zero-order valence-electron chi connectivity index (χ0n) is 8.81. The van der Waals surface area contributed by atoms with Gasteiger partial charge in [-0.2, -0.15) is 0 Å². The van der Waals surface area contributed by atoms with E-state index in [2.05, 4.69) is 13.5 Å². The van der Waals surface area contributed by atoms with E-state index in [1.54, 1.807) is 0 Å². The number of carbonyl (C=O) groups is 1. The number of hydrogen-bond donors (Lipinski definition) is 3. The van der Waals surface area contributed by atoms with Crippen LogP contribution in [0.3, 0.4) is 0 Å². The first-order chi connectivity index (χ1) is 6.45. The first-order valence-corrected chi connectivity index (χ1v) is 4.67. The summed E-state index contributed by atoms with van der Waals surface area (Å²) in [5, 5.41) is 24.8. The molecule has 1 atom stereocenters. The van der Waals surface area contributed by atoms with Crippen molar-refractivity contribution in [2.75, 3.05) is 0 Å². The van der Waals surface area contributed by atoms with Gasteiger partial charge in [0.05, 0.1) is 0 Å². The van der Waals surface area contributed by atoms with Crippen LogP contribution in [0.5, 0.6) is 0 Å². The molecular weight excluding hydrogens is 184 g/mol. The second kappa shape index (κ2) is 10.2. The molecule has 0 aliphatic carbocycles. The van der Waals surface area contributed by atoms with Crippen LogP contribution in [-0.2, 0) is 4.79 Å². The fourth-order valence-corrected chi connectivity index (χ4v) is 0.675. The Morgan fingerprint density at radius 3 is 2.14 bits per heavy atom. The average molecular weight is 204 g/mol. The molecule has 0 saturated carbocycles. The van der Waals surface area contributed by atoms with E-state index in [-0.39, 0.29) is 5.92 Å². The first kappa shape index (κ1) is 15.6. The Kier molecular flexibility index (Phi) is 11.4. The van der Waals surface area contributed by atoms with Crippen molar-refractivity contribution in [1.29, 1.82) is 0 Å². The summed E-state index contributed by atoms with van der Waals surface area (Å²) in [4.78, 5) is 9.25. The number of unbranched alkanes of at least 4 members (excludes halogenated alkanes) is 1. The van der Waals surface area contributed by atoms with Crippen molar-refractivity contribution >= 4 is 5.97 Å². The fourth-order valence-electron chi connectivity index (χ4n) is 0.675. The monoisotopic (exact) mass is 204 g/mol. The lowest BCUT2D eigenvalue weighted by atomic mass is 10.0. The van der Waals surface area contributed by atoms with Gasteiger partial charge in [-0.25, -0.2) is 4.79 Å². The number of rotatable bonds is 5. The molecule has 4 nitrogen and oxygen atoms in total. The Morgan fingerprint density at radius 2 is 1.93 bits per heavy atom. The van der Waals surface area contributed by atoms with Gasteiger partial charge in [0.25, 0.3) is 0 Å². The molecule has 0 saturated heterocycles. The van der Waals surface area contributed by atoms with E-state index in [1.165, 1.54) is 0 Å². The maximum atomic E-state index is 9.25. The number of carboxylic acid groups (broad SMARTS) is 1. The van der Waals surface area contributed by atoms with E-state index in [9.17, 15) is 4.79 Å². The van der Waals surface area contributed by atoms with Crippen molar-refractivity contribution in [3.8, 4) is 0 Å². The molecule has 0 fully saturated rings. The standard InChI is InChI=1S/C7H16O2.C3H4O2/c1-3-4-5-6(2)7(8)9;1-2-3(4)5/h6-9H,3-5H2,1-2H3;2H,1H2,(H,4,5). The summed E-state index contributed by atoms with van der Waals surface area (Å²) < 4.78 is 0. The number of aliphatic hydroxyl groups excluding tert-OH is 1. The number of carboxylic acids is 1. The predicted molar refractivity (Wildman–Crippen MR) is 54.7 cm³/mol. The summed E-state index contributed by atoms with van der Waals surface area (Å²) >= 11 is 0. The third kappa shape index (κ3) is 13.7. The van der Waals surface area contributed by atoms with Crippen LogP contribution in [0, 0.1) is 5.92 Å². The predicted octanol–water partition coefficient (Wildman–Crippen LogP) is 1.38. The average Bonchev–Trinajstić information content (AvgIpc) is 2.14. The summed E-state index contributed by atoms with van der Waals surface area (Å²) in [7, 11) is 0. The van der Waals surface area contributed by atoms with Crippen molar-refractivity contribution in [2.24, 2.45) is 5.92 Å². The van der Waals surface area contributed by atoms with Gasteiger partial charge < -0.3 is 15.3 Å². The molecule has 84 valence electrons. The minimum Gasteiger partial charge on any atom is -0.478 e. The van der Waals surface area contributed by atoms with Gasteiger partial charge in [0.1, 0.15) is 0 Å². The highest BCUT2D eigenvalue weighted by atomic mass is 16.5. The molecular formula is C10H20O4. The van der Waals surface area contributed by atoms with Crippen LogP contribution >= 0.6 is 0 Å². The molecule has 0 spiro atoms. The van der Waals surface area contributed by atoms with Gasteiger partial charge in [-0.1, -0.05) is 33.3 Å². The number of hydrogen-bond acceptors (Lipinski definition) is 3. The third-order valence-corrected chi connectivity index (χ3v) is 1.70. The second-order valence-electron chi connectivity index (χ2n) is 3.08. The Labute approximate surface area is 84.9 Å². The topological polar surface area (TPSA) is 77.8 Å². The highest BCUT2D eigenvalue weighted by Crippen LogP contribution is 2.09. The quantitative estimate of drug-likeness (QED) is 0.467. The number of aliphatic hydroxyl groups is 2. The molecule has 0 aromatic heterocycles. The molecule has 0 rings (SSSR count). The Balaban J connectivity index is 0. The van der Waals surface area contributed by atoms with Crippen LogP contribution in [0.25, 0.3) is 0 Å². The minimum atomic E-state index is -1.13. The van der Waals surface area contributed by atoms with Gasteiger partial charge in [0.2, 0.25) is 0 Å². The molecule has 0 bridgehead atoms. The molecule has 3 N–H and O–H groups in total. The van der Waals surface area contributed by atoms with Crippen LogP contribution in [0.4, 0.5) is 0 Å². The van der Waals surface area contributed by atoms with E-state index >= 15 is 0 Å². The summed E-state index contributed by atoms with van der Waals surface area (Å²) in [5.41, 5.74) is 0. The van der Waals surface area contributed by atoms with Crippen molar-refractivity contribution in [2.45, 2.75) is 39.4 Å². The fraction of sp³-hybridized carbons (Fsp3) is 0.700. The maximum Gasteiger partial charge on any atom is 0.327 e. The number of aliphatic carboxylic acids is 1. The van der Waals surface area contributed by atoms with Crippen molar-refractivity contribution in [3.05, 3.63) is 12.7 Å². The van der Waals surface area contributed by atoms with Crippen molar-refractivity contribution < 1.29 is 20.1 Å². The molecule has 0 aliphatic rings. The summed E-state index contributed by atoms with van der Waals surface area (Å²) in [6.45, 7) is 6.90. The van der Waals surface area contributed by atoms with Crippen molar-refractivity contribution in [1.82, 2.24) is 0 Å². The van der Waals surface area contributed by atoms with E-state index in [4.69, 9.17) is 15.3 Å². The van der Waals surface area contributed by atoms with Gasteiger partial charge in [0, 0.05) is 12.0 Å². The lowest BCUT2D eigenvalue weighted by Gasteiger charge is -2.11. The van der Waals surface area contributed by atoms with Gasteiger partial charge in [0.15, 0.2) is 6.29 Å². The molecule has 0 aromatic rings. The Hall–Kier alpha value is -0.870. The summed E-state index contributed by atoms with van der Waals surface area (Å²) in [6.07, 6.45) is 2.82. The Morgan fingerprint density at radius 1 is 1.50 bits per heavy atom. The highest BCUT2D eigenvalue weighted by molar-refractivity contribution is 5.78. The van der Waals surface area contributed by atoms with Gasteiger partial charge in [-0.15, -0.1) is 0 Å². The zero-order chi connectivity index (χ0) is 11.6. The normalized spacial score (nSPS) is 11.5. The highest BCUT2D eigenvalue weighted by Gasteiger charge is 2.08. The molecule has 0 radical (unpaired) electrons. The Bertz CT molecular complexity index is 154. The molecule has 4 heteroatoms. The van der Waals surface area contributed by atoms with Crippen LogP contribution in [-0.4, -0.2) is 27.6 Å². The zero-order valence-corrected chi connectivity index (χ0v) is 8.81. The first-order valence-electron chi connectivity index (χ1n) is 4.67. The van der Waals surface area contributed by atoms with Crippen LogP contribution in [0.15, 0.2) is 12.7 Å². The van der Waals surface area contributed by atoms with Crippen LogP contribution in [0.1, 0.15) is 33.1 Å². The molecule has 0 amide bonds. The van der Waals surface area contributed by atoms with Gasteiger partial charge >= 0.3 is 5.97 Å². The molecule has 0 aliphatic heterocycles. The van der Waals surface area contributed by atoms with E-state index in [0.717, 1.165) is 25.3 Å². The molecule has 0 aromatic carbocycles. The smallest absolute Gasteiger partial charge is 0.327 e. The molecule has 1 unspecified atom stereocenters. The maximum absolute atomic E-state index is 9.25. The van der Waals surface area contributed by atoms with Crippen molar-refractivity contribution in [3.63, 3.8) is 0 Å².